The Balaban J connectivity index is 1.66. The Morgan fingerprint density at radius 2 is 1.61 bits per heavy atom. The number of hydrogen-bond donors (Lipinski definition) is 1. The molecular weight excluding hydrogens is 308 g/mol. The van der Waals surface area contributed by atoms with Crippen molar-refractivity contribution < 1.29 is 4.74 Å². The van der Waals surface area contributed by atoms with Crippen molar-refractivity contribution in [2.75, 3.05) is 5.43 Å². The number of nitrogens with one attached hydrogen (secondary N) is 1. The number of hydrogen-bond acceptors (Lipinski definition) is 3. The van der Waals surface area contributed by atoms with E-state index in [4.69, 9.17) is 16.3 Å². The summed E-state index contributed by atoms with van der Waals surface area (Å²) in [6, 6.07) is 24.8. The zero-order valence-electron chi connectivity index (χ0n) is 12.3. The molecule has 0 atom stereocenters. The third kappa shape index (κ3) is 4.59. The molecule has 0 radical (unpaired) electrons. The fourth-order valence-corrected chi connectivity index (χ4v) is 2.21. The van der Waals surface area contributed by atoms with E-state index in [0.29, 0.717) is 5.02 Å². The molecule has 1 N–H and O–H groups in total. The second-order valence-electron chi connectivity index (χ2n) is 4.87. The predicted molar refractivity (Wildman–Crippen MR) is 95.6 cm³/mol. The highest BCUT2D eigenvalue weighted by Crippen LogP contribution is 2.21. The Hall–Kier alpha value is -2.78. The number of ether oxygens (including phenoxy) is 1. The summed E-state index contributed by atoms with van der Waals surface area (Å²) in [6.45, 7) is 0. The van der Waals surface area contributed by atoms with Crippen LogP contribution in [0.25, 0.3) is 0 Å². The van der Waals surface area contributed by atoms with Crippen LogP contribution < -0.4 is 10.2 Å². The summed E-state index contributed by atoms with van der Waals surface area (Å²) in [7, 11) is 0. The van der Waals surface area contributed by atoms with E-state index < -0.39 is 0 Å². The van der Waals surface area contributed by atoms with Crippen LogP contribution in [0, 0.1) is 0 Å². The van der Waals surface area contributed by atoms with E-state index in [0.717, 1.165) is 22.7 Å². The lowest BCUT2D eigenvalue weighted by molar-refractivity contribution is 0.482. The minimum Gasteiger partial charge on any atom is -0.457 e. The van der Waals surface area contributed by atoms with Crippen LogP contribution in [-0.2, 0) is 0 Å². The first-order valence-electron chi connectivity index (χ1n) is 7.17. The summed E-state index contributed by atoms with van der Waals surface area (Å²) >= 11 is 5.93. The Labute approximate surface area is 140 Å². The van der Waals surface area contributed by atoms with Crippen LogP contribution in [0.15, 0.2) is 84.0 Å². The van der Waals surface area contributed by atoms with E-state index in [1.165, 1.54) is 0 Å². The standard InChI is InChI=1S/C19H15ClN2O/c20-16-7-5-8-17(13-16)22-21-14-15-6-4-11-19(12-15)23-18-9-2-1-3-10-18/h1-14,22H/b21-14+. The van der Waals surface area contributed by atoms with Gasteiger partial charge < -0.3 is 4.74 Å². The van der Waals surface area contributed by atoms with Gasteiger partial charge in [-0.2, -0.15) is 5.10 Å². The largest absolute Gasteiger partial charge is 0.457 e. The van der Waals surface area contributed by atoms with Gasteiger partial charge in [0.15, 0.2) is 0 Å². The molecule has 0 aliphatic carbocycles. The molecule has 3 aromatic carbocycles. The predicted octanol–water partition coefficient (Wildman–Crippen LogP) is 5.58. The van der Waals surface area contributed by atoms with Gasteiger partial charge in [-0.05, 0) is 48.0 Å². The van der Waals surface area contributed by atoms with Crippen LogP contribution in [0.1, 0.15) is 5.56 Å². The van der Waals surface area contributed by atoms with Crippen molar-refractivity contribution in [1.29, 1.82) is 0 Å². The maximum atomic E-state index is 5.93. The molecule has 0 aliphatic heterocycles. The smallest absolute Gasteiger partial charge is 0.128 e. The fourth-order valence-electron chi connectivity index (χ4n) is 2.02. The topological polar surface area (TPSA) is 33.6 Å². The zero-order chi connectivity index (χ0) is 15.9. The monoisotopic (exact) mass is 322 g/mol. The first-order chi connectivity index (χ1) is 11.3. The third-order valence-corrected chi connectivity index (χ3v) is 3.30. The van der Waals surface area contributed by atoms with Gasteiger partial charge in [-0.15, -0.1) is 0 Å². The number of halogens is 1. The van der Waals surface area contributed by atoms with E-state index in [9.17, 15) is 0 Å². The molecule has 0 spiro atoms. The van der Waals surface area contributed by atoms with Gasteiger partial charge in [-0.3, -0.25) is 5.43 Å². The van der Waals surface area contributed by atoms with E-state index in [-0.39, 0.29) is 0 Å². The summed E-state index contributed by atoms with van der Waals surface area (Å²) in [4.78, 5) is 0. The minimum atomic E-state index is 0.670. The molecular formula is C19H15ClN2O. The van der Waals surface area contributed by atoms with Crippen molar-refractivity contribution in [2.24, 2.45) is 5.10 Å². The third-order valence-electron chi connectivity index (χ3n) is 3.07. The van der Waals surface area contributed by atoms with Crippen molar-refractivity contribution in [3.63, 3.8) is 0 Å². The SMILES string of the molecule is Clc1cccc(N/N=C/c2cccc(Oc3ccccc3)c2)c1. The van der Waals surface area contributed by atoms with Crippen LogP contribution in [0.4, 0.5) is 5.69 Å². The molecule has 0 amide bonds. The maximum absolute atomic E-state index is 5.93. The Bertz CT molecular complexity index is 803. The number of para-hydroxylation sites is 1. The molecule has 23 heavy (non-hydrogen) atoms. The van der Waals surface area contributed by atoms with Crippen molar-refractivity contribution in [3.05, 3.63) is 89.4 Å². The van der Waals surface area contributed by atoms with E-state index in [1.54, 1.807) is 6.21 Å². The van der Waals surface area contributed by atoms with Crippen LogP contribution in [0.3, 0.4) is 0 Å². The molecule has 0 unspecified atom stereocenters. The summed E-state index contributed by atoms with van der Waals surface area (Å²) < 4.78 is 5.80. The molecule has 3 aromatic rings. The van der Waals surface area contributed by atoms with Crippen LogP contribution >= 0.6 is 11.6 Å². The van der Waals surface area contributed by atoms with Gasteiger partial charge in [0, 0.05) is 5.02 Å². The molecule has 0 heterocycles. The summed E-state index contributed by atoms with van der Waals surface area (Å²) in [5.41, 5.74) is 4.72. The lowest BCUT2D eigenvalue weighted by atomic mass is 10.2. The molecule has 114 valence electrons. The van der Waals surface area contributed by atoms with Gasteiger partial charge in [0.1, 0.15) is 11.5 Å². The number of rotatable bonds is 5. The first-order valence-corrected chi connectivity index (χ1v) is 7.55. The molecule has 0 saturated heterocycles. The van der Waals surface area contributed by atoms with Gasteiger partial charge in [-0.1, -0.05) is 48.0 Å². The molecule has 0 aromatic heterocycles. The van der Waals surface area contributed by atoms with Crippen LogP contribution in [0.5, 0.6) is 11.5 Å². The summed E-state index contributed by atoms with van der Waals surface area (Å²) in [6.07, 6.45) is 1.73. The molecule has 0 saturated carbocycles. The second-order valence-corrected chi connectivity index (χ2v) is 5.30. The lowest BCUT2D eigenvalue weighted by Gasteiger charge is -2.06. The molecule has 4 heteroatoms. The summed E-state index contributed by atoms with van der Waals surface area (Å²) in [5, 5.41) is 4.88. The molecule has 0 aliphatic rings. The van der Waals surface area contributed by atoms with Gasteiger partial charge in [0.05, 0.1) is 11.9 Å². The average molecular weight is 323 g/mol. The number of nitrogens with zero attached hydrogens (tertiary/aromatic N) is 1. The fraction of sp³-hybridized carbons (Fsp3) is 0. The Morgan fingerprint density at radius 3 is 2.43 bits per heavy atom. The van der Waals surface area contributed by atoms with Crippen LogP contribution in [-0.4, -0.2) is 6.21 Å². The molecule has 3 rings (SSSR count). The maximum Gasteiger partial charge on any atom is 0.128 e. The van der Waals surface area contributed by atoms with Crippen LogP contribution in [0.2, 0.25) is 5.02 Å². The average Bonchev–Trinajstić information content (AvgIpc) is 2.56. The van der Waals surface area contributed by atoms with Gasteiger partial charge in [0.25, 0.3) is 0 Å². The Morgan fingerprint density at radius 1 is 0.826 bits per heavy atom. The number of hydrazone groups is 1. The van der Waals surface area contributed by atoms with Crippen molar-refractivity contribution in [2.45, 2.75) is 0 Å². The van der Waals surface area contributed by atoms with Gasteiger partial charge in [0.2, 0.25) is 0 Å². The first kappa shape index (κ1) is 15.1. The highest BCUT2D eigenvalue weighted by molar-refractivity contribution is 6.30. The Kier molecular flexibility index (Phi) is 4.92. The van der Waals surface area contributed by atoms with Crippen molar-refractivity contribution in [1.82, 2.24) is 0 Å². The quantitative estimate of drug-likeness (QED) is 0.491. The zero-order valence-corrected chi connectivity index (χ0v) is 13.1. The highest BCUT2D eigenvalue weighted by atomic mass is 35.5. The minimum absolute atomic E-state index is 0.670. The number of anilines is 1. The second kappa shape index (κ2) is 7.47. The lowest BCUT2D eigenvalue weighted by Crippen LogP contribution is -1.91. The number of benzene rings is 3. The molecule has 0 fully saturated rings. The molecule has 0 bridgehead atoms. The normalized spacial score (nSPS) is 10.7. The van der Waals surface area contributed by atoms with Crippen molar-refractivity contribution in [3.8, 4) is 11.5 Å². The summed E-state index contributed by atoms with van der Waals surface area (Å²) in [5.74, 6) is 1.57. The van der Waals surface area contributed by atoms with Gasteiger partial charge >= 0.3 is 0 Å². The van der Waals surface area contributed by atoms with E-state index >= 15 is 0 Å². The van der Waals surface area contributed by atoms with E-state index in [2.05, 4.69) is 10.5 Å². The van der Waals surface area contributed by atoms with E-state index in [1.807, 2.05) is 78.9 Å². The van der Waals surface area contributed by atoms with Crippen molar-refractivity contribution >= 4 is 23.5 Å². The van der Waals surface area contributed by atoms with Gasteiger partial charge in [-0.25, -0.2) is 0 Å². The molecule has 3 nitrogen and oxygen atoms in total. The highest BCUT2D eigenvalue weighted by Gasteiger charge is 1.97.